The first-order valence-electron chi connectivity index (χ1n) is 8.36. The lowest BCUT2D eigenvalue weighted by molar-refractivity contribution is -0.114. The number of methoxy groups -OCH3 is 1. The molecule has 0 aliphatic rings. The quantitative estimate of drug-likeness (QED) is 0.625. The Labute approximate surface area is 158 Å². The lowest BCUT2D eigenvalue weighted by Crippen LogP contribution is -2.16. The Morgan fingerprint density at radius 1 is 0.963 bits per heavy atom. The van der Waals surface area contributed by atoms with Gasteiger partial charge in [0.25, 0.3) is 5.91 Å². The van der Waals surface area contributed by atoms with Gasteiger partial charge in [0.2, 0.25) is 5.91 Å². The van der Waals surface area contributed by atoms with Crippen LogP contribution in [0.2, 0.25) is 0 Å². The molecule has 0 fully saturated rings. The number of rotatable bonds is 5. The van der Waals surface area contributed by atoms with Crippen molar-refractivity contribution in [2.45, 2.75) is 20.8 Å². The van der Waals surface area contributed by atoms with Gasteiger partial charge >= 0.3 is 5.97 Å². The van der Waals surface area contributed by atoms with Crippen LogP contribution >= 0.6 is 0 Å². The summed E-state index contributed by atoms with van der Waals surface area (Å²) in [4.78, 5) is 35.8. The molecule has 6 nitrogen and oxygen atoms in total. The normalized spacial score (nSPS) is 10.9. The largest absolute Gasteiger partial charge is 0.465 e. The van der Waals surface area contributed by atoms with Gasteiger partial charge in [0.15, 0.2) is 0 Å². The Bertz CT molecular complexity index is 899. The maximum atomic E-state index is 12.2. The molecule has 6 heteroatoms. The number of esters is 1. The van der Waals surface area contributed by atoms with Gasteiger partial charge in [-0.15, -0.1) is 0 Å². The average Bonchev–Trinajstić information content (AvgIpc) is 2.64. The molecule has 0 spiro atoms. The van der Waals surface area contributed by atoms with E-state index >= 15 is 0 Å². The minimum absolute atomic E-state index is 0.259. The highest BCUT2D eigenvalue weighted by Crippen LogP contribution is 2.16. The molecule has 0 atom stereocenters. The lowest BCUT2D eigenvalue weighted by Gasteiger charge is -2.09. The summed E-state index contributed by atoms with van der Waals surface area (Å²) in [6.07, 6.45) is 1.25. The zero-order valence-corrected chi connectivity index (χ0v) is 15.8. The molecule has 140 valence electrons. The van der Waals surface area contributed by atoms with Crippen molar-refractivity contribution in [3.05, 3.63) is 70.8 Å². The van der Waals surface area contributed by atoms with Crippen molar-refractivity contribution in [3.8, 4) is 0 Å². The molecule has 0 aromatic heterocycles. The minimum Gasteiger partial charge on any atom is -0.465 e. The number of nitrogens with one attached hydrogen (secondary N) is 2. The smallest absolute Gasteiger partial charge is 0.337 e. The predicted molar refractivity (Wildman–Crippen MR) is 105 cm³/mol. The number of hydrogen-bond acceptors (Lipinski definition) is 4. The van der Waals surface area contributed by atoms with Crippen LogP contribution in [0.3, 0.4) is 0 Å². The zero-order chi connectivity index (χ0) is 20.0. The summed E-state index contributed by atoms with van der Waals surface area (Å²) in [6, 6.07) is 12.0. The van der Waals surface area contributed by atoms with Crippen molar-refractivity contribution < 1.29 is 19.1 Å². The van der Waals surface area contributed by atoms with Crippen molar-refractivity contribution in [1.29, 1.82) is 0 Å². The third kappa shape index (κ3) is 5.54. The van der Waals surface area contributed by atoms with E-state index in [1.807, 2.05) is 32.0 Å². The Balaban J connectivity index is 2.00. The van der Waals surface area contributed by atoms with E-state index in [1.165, 1.54) is 13.2 Å². The molecule has 0 aliphatic carbocycles. The Morgan fingerprint density at radius 2 is 1.63 bits per heavy atom. The summed E-state index contributed by atoms with van der Waals surface area (Å²) >= 11 is 0. The first kappa shape index (κ1) is 19.9. The number of anilines is 2. The van der Waals surface area contributed by atoms with Crippen LogP contribution in [0, 0.1) is 13.8 Å². The van der Waals surface area contributed by atoms with Crippen molar-refractivity contribution >= 4 is 29.2 Å². The van der Waals surface area contributed by atoms with E-state index in [1.54, 1.807) is 31.2 Å². The van der Waals surface area contributed by atoms with E-state index in [0.717, 1.165) is 11.1 Å². The number of benzene rings is 2. The molecular weight excluding hydrogens is 344 g/mol. The first-order valence-corrected chi connectivity index (χ1v) is 8.36. The number of hydrogen-bond donors (Lipinski definition) is 2. The molecule has 2 aromatic carbocycles. The van der Waals surface area contributed by atoms with Crippen molar-refractivity contribution in [2.75, 3.05) is 17.7 Å². The van der Waals surface area contributed by atoms with Gasteiger partial charge in [0.05, 0.1) is 12.7 Å². The number of amides is 2. The number of aryl methyl sites for hydroxylation is 2. The molecule has 0 unspecified atom stereocenters. The molecule has 0 aliphatic heterocycles. The van der Waals surface area contributed by atoms with Crippen LogP contribution in [0.1, 0.15) is 28.4 Å². The number of ether oxygens (including phenoxy) is 1. The highest BCUT2D eigenvalue weighted by Gasteiger charge is 2.10. The van der Waals surface area contributed by atoms with Crippen LogP contribution in [0.15, 0.2) is 54.1 Å². The maximum absolute atomic E-state index is 12.2. The van der Waals surface area contributed by atoms with Crippen LogP contribution in [0.5, 0.6) is 0 Å². The van der Waals surface area contributed by atoms with Crippen molar-refractivity contribution in [3.63, 3.8) is 0 Å². The minimum atomic E-state index is -0.452. The second-order valence-electron chi connectivity index (χ2n) is 6.16. The average molecular weight is 366 g/mol. The van der Waals surface area contributed by atoms with E-state index in [0.29, 0.717) is 16.9 Å². The van der Waals surface area contributed by atoms with Gasteiger partial charge < -0.3 is 15.4 Å². The number of carbonyl (C=O) groups is 3. The molecule has 2 N–H and O–H groups in total. The summed E-state index contributed by atoms with van der Waals surface area (Å²) in [5.74, 6) is -1.24. The summed E-state index contributed by atoms with van der Waals surface area (Å²) in [5.41, 5.74) is 3.91. The van der Waals surface area contributed by atoms with Crippen LogP contribution in [-0.4, -0.2) is 24.9 Å². The Hall–Kier alpha value is -3.41. The van der Waals surface area contributed by atoms with Gasteiger partial charge in [0.1, 0.15) is 0 Å². The summed E-state index contributed by atoms with van der Waals surface area (Å²) in [5, 5.41) is 5.44. The van der Waals surface area contributed by atoms with Crippen LogP contribution in [0.25, 0.3) is 0 Å². The van der Waals surface area contributed by atoms with E-state index in [9.17, 15) is 14.4 Å². The van der Waals surface area contributed by atoms with Gasteiger partial charge in [-0.2, -0.15) is 0 Å². The third-order valence-corrected chi connectivity index (χ3v) is 3.91. The monoisotopic (exact) mass is 366 g/mol. The molecule has 2 amide bonds. The molecule has 0 saturated heterocycles. The van der Waals surface area contributed by atoms with Gasteiger partial charge in [-0.25, -0.2) is 4.79 Å². The molecule has 0 heterocycles. The summed E-state index contributed by atoms with van der Waals surface area (Å²) in [6.45, 7) is 5.44. The fraction of sp³-hybridized carbons (Fsp3) is 0.190. The summed E-state index contributed by atoms with van der Waals surface area (Å²) in [7, 11) is 1.30. The zero-order valence-electron chi connectivity index (χ0n) is 15.8. The molecule has 2 aromatic rings. The molecule has 0 saturated carbocycles. The fourth-order valence-electron chi connectivity index (χ4n) is 2.42. The Morgan fingerprint density at radius 3 is 2.22 bits per heavy atom. The van der Waals surface area contributed by atoms with Gasteiger partial charge in [-0.3, -0.25) is 9.59 Å². The molecule has 2 rings (SSSR count). The first-order chi connectivity index (χ1) is 12.8. The number of carbonyl (C=O) groups excluding carboxylic acids is 3. The molecule has 0 bridgehead atoms. The van der Waals surface area contributed by atoms with E-state index in [2.05, 4.69) is 15.4 Å². The second-order valence-corrected chi connectivity index (χ2v) is 6.16. The molecular formula is C21H22N2O4. The maximum Gasteiger partial charge on any atom is 0.337 e. The Kier molecular flexibility index (Phi) is 6.49. The highest BCUT2D eigenvalue weighted by molar-refractivity contribution is 6.10. The highest BCUT2D eigenvalue weighted by atomic mass is 16.5. The predicted octanol–water partition coefficient (Wildman–Crippen LogP) is 3.61. The van der Waals surface area contributed by atoms with Gasteiger partial charge in [-0.05, 0) is 56.7 Å². The second kappa shape index (κ2) is 8.80. The molecule has 0 radical (unpaired) electrons. The van der Waals surface area contributed by atoms with E-state index in [-0.39, 0.29) is 11.5 Å². The van der Waals surface area contributed by atoms with Crippen LogP contribution < -0.4 is 10.6 Å². The standard InChI is InChI=1S/C21H22N2O4/c1-13-5-10-18(14(2)11-13)23-19(24)12-15(3)20(25)22-17-8-6-16(7-9-17)21(26)27-4/h5-12H,1-4H3,(H,22,25)(H,23,24)/b15-12+. The van der Waals surface area contributed by atoms with E-state index < -0.39 is 11.9 Å². The SMILES string of the molecule is COC(=O)c1ccc(NC(=O)/C(C)=C/C(=O)Nc2ccc(C)cc2C)cc1. The van der Waals surface area contributed by atoms with Gasteiger partial charge in [-0.1, -0.05) is 17.7 Å². The van der Waals surface area contributed by atoms with Crippen molar-refractivity contribution in [2.24, 2.45) is 0 Å². The fourth-order valence-corrected chi connectivity index (χ4v) is 2.42. The van der Waals surface area contributed by atoms with Crippen LogP contribution in [-0.2, 0) is 14.3 Å². The topological polar surface area (TPSA) is 84.5 Å². The van der Waals surface area contributed by atoms with Crippen LogP contribution in [0.4, 0.5) is 11.4 Å². The van der Waals surface area contributed by atoms with E-state index in [4.69, 9.17) is 0 Å². The van der Waals surface area contributed by atoms with Gasteiger partial charge in [0, 0.05) is 23.0 Å². The van der Waals surface area contributed by atoms with Crippen molar-refractivity contribution in [1.82, 2.24) is 0 Å². The third-order valence-electron chi connectivity index (χ3n) is 3.91. The lowest BCUT2D eigenvalue weighted by atomic mass is 10.1. The summed E-state index contributed by atoms with van der Waals surface area (Å²) < 4.78 is 4.62. The molecule has 27 heavy (non-hydrogen) atoms.